The summed E-state index contributed by atoms with van der Waals surface area (Å²) in [6, 6.07) is 12.0. The summed E-state index contributed by atoms with van der Waals surface area (Å²) < 4.78 is 47.5. The first-order chi connectivity index (χ1) is 28.4. The molecular weight excluding hydrogens is 795 g/mol. The van der Waals surface area contributed by atoms with Crippen LogP contribution in [0, 0.1) is 5.82 Å². The predicted molar refractivity (Wildman–Crippen MR) is 212 cm³/mol. The number of carbonyl (C=O) groups is 5. The Hall–Kier alpha value is -5.68. The highest BCUT2D eigenvalue weighted by Gasteiger charge is 2.46. The Bertz CT molecular complexity index is 2170. The normalized spacial score (nSPS) is 20.6. The minimum absolute atomic E-state index is 0.000458. The second-order valence-electron chi connectivity index (χ2n) is 14.8. The number of halogens is 4. The number of aliphatic imine (C=N–C) groups is 1. The molecule has 0 radical (unpaired) electrons. The third kappa shape index (κ3) is 9.31. The molecule has 0 aromatic heterocycles. The summed E-state index contributed by atoms with van der Waals surface area (Å²) in [5, 5.41) is 19.0. The molecule has 0 bridgehead atoms. The number of benzene rings is 3. The lowest BCUT2D eigenvalue weighted by Gasteiger charge is -2.33. The Morgan fingerprint density at radius 3 is 2.58 bits per heavy atom. The van der Waals surface area contributed by atoms with E-state index in [0.29, 0.717) is 73.1 Å². The van der Waals surface area contributed by atoms with Crippen LogP contribution in [0.1, 0.15) is 77.6 Å². The lowest BCUT2D eigenvalue weighted by molar-refractivity contribution is -0.130. The molecule has 0 saturated carbocycles. The zero-order valence-corrected chi connectivity index (χ0v) is 32.7. The molecule has 7 rings (SSSR count). The topological polar surface area (TPSA) is 173 Å². The number of carbonyl (C=O) groups excluding carboxylic acids is 5. The van der Waals surface area contributed by atoms with Crippen LogP contribution in [0.3, 0.4) is 0 Å². The first-order valence-corrected chi connectivity index (χ1v) is 19.9. The van der Waals surface area contributed by atoms with Gasteiger partial charge in [-0.3, -0.25) is 33.9 Å². The number of anilines is 3. The van der Waals surface area contributed by atoms with Crippen molar-refractivity contribution in [1.82, 2.24) is 20.4 Å². The van der Waals surface area contributed by atoms with E-state index in [1.807, 2.05) is 0 Å². The van der Waals surface area contributed by atoms with E-state index >= 15 is 0 Å². The molecule has 0 spiro atoms. The number of nitrogens with zero attached hydrogens (tertiary/aromatic N) is 4. The standard InChI is InChI=1S/C41H43ClF3N7O7/c42-23-9-11-29-27(18-23)38(48-28-19-24(43)10-12-30(28)51(29)21-33(44)45)47-25-15-17-50(20-25)36(55)8-3-1-2-4-16-46-35(54)22-59-32-7-5-6-26-37(32)41(58)52(40(26)57)31-13-14-34(53)49-39(31)56/h5-7,9-12,18-19,25,31,33,39,56H,1-4,8,13-17,20-22H2,(H,46,54)(H,47,48)(H,49,53)/t25-,31?,39?/m0/s1. The largest absolute Gasteiger partial charge is 0.483 e. The zero-order chi connectivity index (χ0) is 41.8. The van der Waals surface area contributed by atoms with Gasteiger partial charge < -0.3 is 35.6 Å². The van der Waals surface area contributed by atoms with E-state index in [1.165, 1.54) is 41.3 Å². The minimum atomic E-state index is -2.67. The quantitative estimate of drug-likeness (QED) is 0.129. The van der Waals surface area contributed by atoms with Crippen molar-refractivity contribution in [3.05, 3.63) is 82.1 Å². The SMILES string of the molecule is O=C(COc1cccc2c1C(=O)N(C1CCC(=O)NC1O)C2=O)NCCCCCCC(=O)N1CC[C@H](N=C2Nc3cc(F)ccc3N(CC(F)F)c3ccc(Cl)cc32)C1. The average molecular weight is 838 g/mol. The Morgan fingerprint density at radius 2 is 1.78 bits per heavy atom. The van der Waals surface area contributed by atoms with E-state index in [9.17, 15) is 42.3 Å². The van der Waals surface area contributed by atoms with Crippen LogP contribution in [0.25, 0.3) is 0 Å². The van der Waals surface area contributed by atoms with Crippen LogP contribution in [0.4, 0.5) is 30.2 Å². The van der Waals surface area contributed by atoms with Crippen molar-refractivity contribution in [2.75, 3.05) is 43.0 Å². The molecule has 59 heavy (non-hydrogen) atoms. The van der Waals surface area contributed by atoms with Crippen molar-refractivity contribution in [2.45, 2.75) is 76.1 Å². The number of aliphatic hydroxyl groups is 1. The van der Waals surface area contributed by atoms with E-state index in [0.717, 1.165) is 17.7 Å². The number of amidine groups is 1. The fraction of sp³-hybridized carbons (Fsp3) is 0.415. The van der Waals surface area contributed by atoms with Crippen molar-refractivity contribution < 1.29 is 47.0 Å². The van der Waals surface area contributed by atoms with Crippen molar-refractivity contribution in [1.29, 1.82) is 0 Å². The summed E-state index contributed by atoms with van der Waals surface area (Å²) in [5.74, 6) is -2.22. The number of fused-ring (bicyclic) bond motifs is 3. The summed E-state index contributed by atoms with van der Waals surface area (Å²) in [6.45, 7) is 0.213. The summed E-state index contributed by atoms with van der Waals surface area (Å²) in [5.41, 5.74) is 1.67. The lowest BCUT2D eigenvalue weighted by atomic mass is 10.0. The van der Waals surface area contributed by atoms with Crippen LogP contribution in [-0.4, -0.2) is 108 Å². The lowest BCUT2D eigenvalue weighted by Crippen LogP contribution is -2.57. The molecule has 4 aliphatic heterocycles. The van der Waals surface area contributed by atoms with Gasteiger partial charge in [0.2, 0.25) is 11.8 Å². The van der Waals surface area contributed by atoms with Gasteiger partial charge in [0.1, 0.15) is 23.6 Å². The molecule has 4 N–H and O–H groups in total. The van der Waals surface area contributed by atoms with Gasteiger partial charge in [0.25, 0.3) is 24.1 Å². The highest BCUT2D eigenvalue weighted by atomic mass is 35.5. The Kier molecular flexibility index (Phi) is 12.7. The number of nitrogens with one attached hydrogen (secondary N) is 3. The molecular formula is C41H43ClF3N7O7. The highest BCUT2D eigenvalue weighted by Crippen LogP contribution is 2.40. The van der Waals surface area contributed by atoms with E-state index < -0.39 is 55.4 Å². The number of alkyl halides is 2. The molecule has 2 saturated heterocycles. The fourth-order valence-corrected chi connectivity index (χ4v) is 8.04. The van der Waals surface area contributed by atoms with Gasteiger partial charge in [-0.05, 0) is 74.2 Å². The number of hydrogen-bond donors (Lipinski definition) is 4. The van der Waals surface area contributed by atoms with Crippen LogP contribution in [0.15, 0.2) is 59.6 Å². The van der Waals surface area contributed by atoms with Crippen molar-refractivity contribution >= 4 is 64.0 Å². The number of rotatable bonds is 14. The molecule has 5 amide bonds. The Balaban J connectivity index is 0.843. The van der Waals surface area contributed by atoms with E-state index in [-0.39, 0.29) is 53.3 Å². The van der Waals surface area contributed by atoms with E-state index in [2.05, 4.69) is 16.0 Å². The number of likely N-dealkylation sites (tertiary alicyclic amines) is 1. The molecule has 3 atom stereocenters. The van der Waals surface area contributed by atoms with Gasteiger partial charge in [-0.25, -0.2) is 13.2 Å². The fourth-order valence-electron chi connectivity index (χ4n) is 7.86. The van der Waals surface area contributed by atoms with Gasteiger partial charge in [-0.15, -0.1) is 0 Å². The maximum Gasteiger partial charge on any atom is 0.265 e. The third-order valence-electron chi connectivity index (χ3n) is 10.7. The van der Waals surface area contributed by atoms with Crippen molar-refractivity contribution in [2.24, 2.45) is 4.99 Å². The van der Waals surface area contributed by atoms with E-state index in [4.69, 9.17) is 21.3 Å². The van der Waals surface area contributed by atoms with Gasteiger partial charge in [0, 0.05) is 43.1 Å². The number of amides is 5. The third-order valence-corrected chi connectivity index (χ3v) is 11.0. The van der Waals surface area contributed by atoms with Crippen LogP contribution < -0.4 is 25.6 Å². The summed E-state index contributed by atoms with van der Waals surface area (Å²) in [7, 11) is 0. The number of hydrogen-bond acceptors (Lipinski definition) is 9. The number of ether oxygens (including phenoxy) is 1. The maximum atomic E-state index is 14.3. The maximum absolute atomic E-state index is 14.3. The second-order valence-corrected chi connectivity index (χ2v) is 15.2. The highest BCUT2D eigenvalue weighted by molar-refractivity contribution is 6.31. The van der Waals surface area contributed by atoms with Gasteiger partial charge in [-0.1, -0.05) is 30.5 Å². The number of piperidine rings is 1. The average Bonchev–Trinajstić information content (AvgIpc) is 3.74. The molecule has 18 heteroatoms. The predicted octanol–water partition coefficient (Wildman–Crippen LogP) is 4.99. The summed E-state index contributed by atoms with van der Waals surface area (Å²) in [6.07, 6.45) is -0.151. The van der Waals surface area contributed by atoms with Crippen LogP contribution in [-0.2, 0) is 14.4 Å². The number of imide groups is 1. The van der Waals surface area contributed by atoms with Crippen molar-refractivity contribution in [3.63, 3.8) is 0 Å². The van der Waals surface area contributed by atoms with Gasteiger partial charge in [0.05, 0.1) is 46.8 Å². The first-order valence-electron chi connectivity index (χ1n) is 19.5. The summed E-state index contributed by atoms with van der Waals surface area (Å²) in [4.78, 5) is 72.6. The van der Waals surface area contributed by atoms with Gasteiger partial charge >= 0.3 is 0 Å². The summed E-state index contributed by atoms with van der Waals surface area (Å²) >= 11 is 6.34. The number of unbranched alkanes of at least 4 members (excludes halogenated alkanes) is 3. The van der Waals surface area contributed by atoms with Gasteiger partial charge in [0.15, 0.2) is 6.61 Å². The molecule has 4 aliphatic rings. The van der Waals surface area contributed by atoms with Crippen LogP contribution in [0.2, 0.25) is 5.02 Å². The molecule has 3 aromatic carbocycles. The molecule has 2 fully saturated rings. The van der Waals surface area contributed by atoms with Crippen LogP contribution >= 0.6 is 11.6 Å². The van der Waals surface area contributed by atoms with Gasteiger partial charge in [-0.2, -0.15) is 0 Å². The molecule has 2 unspecified atom stereocenters. The monoisotopic (exact) mass is 837 g/mol. The number of aliphatic hydroxyl groups excluding tert-OH is 1. The zero-order valence-electron chi connectivity index (χ0n) is 31.9. The second kappa shape index (κ2) is 18.1. The molecule has 312 valence electrons. The molecule has 3 aromatic rings. The Labute approximate surface area is 342 Å². The Morgan fingerprint density at radius 1 is 0.983 bits per heavy atom. The smallest absolute Gasteiger partial charge is 0.265 e. The molecule has 4 heterocycles. The first kappa shape index (κ1) is 41.5. The minimum Gasteiger partial charge on any atom is -0.483 e. The van der Waals surface area contributed by atoms with Crippen LogP contribution in [0.5, 0.6) is 5.75 Å². The van der Waals surface area contributed by atoms with Crippen molar-refractivity contribution in [3.8, 4) is 5.75 Å². The molecule has 0 aliphatic carbocycles. The molecule has 14 nitrogen and oxygen atoms in total. The van der Waals surface area contributed by atoms with E-state index in [1.54, 1.807) is 23.1 Å².